The number of thioether (sulfide) groups is 1. The molecule has 0 aliphatic carbocycles. The van der Waals surface area contributed by atoms with E-state index in [-0.39, 0.29) is 0 Å². The van der Waals surface area contributed by atoms with Crippen LogP contribution in [0.4, 0.5) is 4.79 Å². The number of amides is 1. The monoisotopic (exact) mass is 199 g/mol. The molecule has 0 saturated heterocycles. The fourth-order valence-electron chi connectivity index (χ4n) is 0.309. The van der Waals surface area contributed by atoms with E-state index in [1.54, 1.807) is 6.92 Å². The normalized spacial score (nSPS) is 11.2. The Kier molecular flexibility index (Phi) is 3.84. The van der Waals surface area contributed by atoms with Crippen molar-refractivity contribution in [2.45, 2.75) is 6.92 Å². The Morgan fingerprint density at radius 3 is 2.36 bits per heavy atom. The zero-order chi connectivity index (χ0) is 9.07. The number of nitrogens with zero attached hydrogens (tertiary/aromatic N) is 1. The molecule has 0 radical (unpaired) electrons. The zero-order valence-corrected chi connectivity index (χ0v) is 7.78. The molecule has 1 amide bonds. The lowest BCUT2D eigenvalue weighted by molar-refractivity contribution is 0.247. The molecular weight excluding hydrogens is 190 g/mol. The summed E-state index contributed by atoms with van der Waals surface area (Å²) in [5.41, 5.74) is 0. The number of hydrogen-bond donors (Lipinski definition) is 1. The summed E-state index contributed by atoms with van der Waals surface area (Å²) in [5, 5.41) is -0.685. The van der Waals surface area contributed by atoms with Crippen molar-refractivity contribution < 1.29 is 17.8 Å². The molecule has 0 aliphatic rings. The van der Waals surface area contributed by atoms with Crippen LogP contribution in [-0.2, 0) is 10.3 Å². The number of rotatable bonds is 2. The van der Waals surface area contributed by atoms with Gasteiger partial charge in [0.25, 0.3) is 5.24 Å². The van der Waals surface area contributed by atoms with Crippen LogP contribution in [0, 0.1) is 0 Å². The lowest BCUT2D eigenvalue weighted by atomic mass is 11.0. The predicted octanol–water partition coefficient (Wildman–Crippen LogP) is 0.594. The van der Waals surface area contributed by atoms with Crippen molar-refractivity contribution in [3.63, 3.8) is 0 Å². The second-order valence-electron chi connectivity index (χ2n) is 1.64. The first-order valence-electron chi connectivity index (χ1n) is 2.77. The maximum absolute atomic E-state index is 10.7. The van der Waals surface area contributed by atoms with Crippen molar-refractivity contribution in [1.29, 1.82) is 0 Å². The highest BCUT2D eigenvalue weighted by Crippen LogP contribution is 2.08. The highest BCUT2D eigenvalue weighted by Gasteiger charge is 2.19. The van der Waals surface area contributed by atoms with Gasteiger partial charge < -0.3 is 0 Å². The van der Waals surface area contributed by atoms with Crippen molar-refractivity contribution in [2.75, 3.05) is 12.8 Å². The highest BCUT2D eigenvalue weighted by molar-refractivity contribution is 8.14. The Labute approximate surface area is 69.6 Å². The van der Waals surface area contributed by atoms with Crippen molar-refractivity contribution in [3.05, 3.63) is 0 Å². The molecule has 0 atom stereocenters. The zero-order valence-electron chi connectivity index (χ0n) is 6.14. The summed E-state index contributed by atoms with van der Waals surface area (Å²) in [6, 6.07) is 0. The first-order valence-corrected chi connectivity index (χ1v) is 5.16. The Hall–Kier alpha value is -0.270. The van der Waals surface area contributed by atoms with Crippen LogP contribution < -0.4 is 0 Å². The molecule has 5 nitrogen and oxygen atoms in total. The molecule has 0 aromatic carbocycles. The molecule has 0 bridgehead atoms. The summed E-state index contributed by atoms with van der Waals surface area (Å²) < 4.78 is 29.2. The third-order valence-electron chi connectivity index (χ3n) is 0.871. The predicted molar refractivity (Wildman–Crippen MR) is 42.8 cm³/mol. The van der Waals surface area contributed by atoms with Gasteiger partial charge in [-0.1, -0.05) is 18.7 Å². The van der Waals surface area contributed by atoms with E-state index < -0.39 is 15.5 Å². The molecule has 0 heterocycles. The molecule has 0 unspecified atom stereocenters. The van der Waals surface area contributed by atoms with E-state index in [1.807, 2.05) is 0 Å². The van der Waals surface area contributed by atoms with Crippen LogP contribution in [0.1, 0.15) is 6.92 Å². The van der Waals surface area contributed by atoms with Gasteiger partial charge in [0.1, 0.15) is 0 Å². The fraction of sp³-hybridized carbons (Fsp3) is 0.750. The molecule has 0 aromatic rings. The Balaban J connectivity index is 4.27. The topological polar surface area (TPSA) is 74.7 Å². The van der Waals surface area contributed by atoms with Crippen LogP contribution in [0.15, 0.2) is 0 Å². The summed E-state index contributed by atoms with van der Waals surface area (Å²) in [6.07, 6.45) is 0. The lowest BCUT2D eigenvalue weighted by Gasteiger charge is -2.10. The third-order valence-corrected chi connectivity index (χ3v) is 2.65. The summed E-state index contributed by atoms with van der Waals surface area (Å²) in [7, 11) is -3.36. The van der Waals surface area contributed by atoms with Gasteiger partial charge in [0.2, 0.25) is 0 Å². The molecule has 0 aliphatic heterocycles. The van der Waals surface area contributed by atoms with Gasteiger partial charge in [0, 0.05) is 7.05 Å². The molecule has 1 N–H and O–H groups in total. The average molecular weight is 199 g/mol. The smallest absolute Gasteiger partial charge is 0.269 e. The highest BCUT2D eigenvalue weighted by atomic mass is 32.2. The third kappa shape index (κ3) is 3.59. The summed E-state index contributed by atoms with van der Waals surface area (Å²) in [5.74, 6) is 0.471. The van der Waals surface area contributed by atoms with Gasteiger partial charge >= 0.3 is 10.3 Å². The minimum atomic E-state index is -4.36. The average Bonchev–Trinajstić information content (AvgIpc) is 1.85. The second-order valence-corrected chi connectivity index (χ2v) is 4.30. The molecule has 0 saturated carbocycles. The standard InChI is InChI=1S/C4H9NO4S2/c1-3-10-4(6)5(2)11(7,8)9/h3H2,1-2H3,(H,7,8,9). The molecule has 0 spiro atoms. The number of hydrogen-bond acceptors (Lipinski definition) is 4. The van der Waals surface area contributed by atoms with Gasteiger partial charge in [-0.15, -0.1) is 0 Å². The lowest BCUT2D eigenvalue weighted by Crippen LogP contribution is -2.29. The van der Waals surface area contributed by atoms with Crippen LogP contribution in [0.2, 0.25) is 0 Å². The van der Waals surface area contributed by atoms with E-state index in [1.165, 1.54) is 0 Å². The summed E-state index contributed by atoms with van der Waals surface area (Å²) in [4.78, 5) is 10.7. The number of carbonyl (C=O) groups is 1. The van der Waals surface area contributed by atoms with Crippen molar-refractivity contribution in [2.24, 2.45) is 0 Å². The van der Waals surface area contributed by atoms with E-state index in [0.29, 0.717) is 10.1 Å². The van der Waals surface area contributed by atoms with Crippen molar-refractivity contribution in [3.8, 4) is 0 Å². The molecule has 7 heteroatoms. The largest absolute Gasteiger partial charge is 0.362 e. The summed E-state index contributed by atoms with van der Waals surface area (Å²) in [6.45, 7) is 1.71. The summed E-state index contributed by atoms with van der Waals surface area (Å²) >= 11 is 0.814. The maximum Gasteiger partial charge on any atom is 0.362 e. The first-order chi connectivity index (χ1) is 4.89. The second kappa shape index (κ2) is 3.93. The molecule has 11 heavy (non-hydrogen) atoms. The fourth-order valence-corrected chi connectivity index (χ4v) is 1.37. The van der Waals surface area contributed by atoms with E-state index in [0.717, 1.165) is 18.8 Å². The van der Waals surface area contributed by atoms with Crippen LogP contribution >= 0.6 is 11.8 Å². The molecule has 66 valence electrons. The van der Waals surface area contributed by atoms with Gasteiger partial charge in [0.15, 0.2) is 0 Å². The van der Waals surface area contributed by atoms with Gasteiger partial charge in [0.05, 0.1) is 0 Å². The minimum Gasteiger partial charge on any atom is -0.269 e. The molecule has 0 rings (SSSR count). The SMILES string of the molecule is CCSC(=O)N(C)S(=O)(=O)O. The quantitative estimate of drug-likeness (QED) is 0.659. The Bertz CT molecular complexity index is 234. The minimum absolute atomic E-state index is 0.293. The van der Waals surface area contributed by atoms with Gasteiger partial charge in [-0.2, -0.15) is 8.42 Å². The van der Waals surface area contributed by atoms with E-state index in [2.05, 4.69) is 0 Å². The molecule has 0 fully saturated rings. The van der Waals surface area contributed by atoms with Gasteiger partial charge in [-0.25, -0.2) is 4.31 Å². The first kappa shape index (κ1) is 10.7. The van der Waals surface area contributed by atoms with Gasteiger partial charge in [-0.05, 0) is 5.75 Å². The Morgan fingerprint density at radius 2 is 2.09 bits per heavy atom. The van der Waals surface area contributed by atoms with Crippen LogP contribution in [0.5, 0.6) is 0 Å². The van der Waals surface area contributed by atoms with Crippen LogP contribution in [-0.4, -0.2) is 35.3 Å². The number of carbonyl (C=O) groups excluding carboxylic acids is 1. The molecule has 0 aromatic heterocycles. The van der Waals surface area contributed by atoms with Crippen LogP contribution in [0.3, 0.4) is 0 Å². The maximum atomic E-state index is 10.7. The van der Waals surface area contributed by atoms with E-state index in [4.69, 9.17) is 4.55 Å². The van der Waals surface area contributed by atoms with Crippen molar-refractivity contribution in [1.82, 2.24) is 4.31 Å². The Morgan fingerprint density at radius 1 is 1.64 bits per heavy atom. The van der Waals surface area contributed by atoms with E-state index in [9.17, 15) is 13.2 Å². The van der Waals surface area contributed by atoms with Crippen LogP contribution in [0.25, 0.3) is 0 Å². The van der Waals surface area contributed by atoms with Crippen molar-refractivity contribution >= 4 is 27.3 Å². The van der Waals surface area contributed by atoms with E-state index >= 15 is 0 Å². The molecular formula is C4H9NO4S2. The van der Waals surface area contributed by atoms with Gasteiger partial charge in [-0.3, -0.25) is 9.35 Å².